The highest BCUT2D eigenvalue weighted by Gasteiger charge is 2.21. The molecule has 1 atom stereocenters. The summed E-state index contributed by atoms with van der Waals surface area (Å²) in [6, 6.07) is 8.77. The van der Waals surface area contributed by atoms with Gasteiger partial charge in [-0.25, -0.2) is 9.78 Å². The highest BCUT2D eigenvalue weighted by atomic mass is 35.5. The molecule has 3 aromatic rings. The van der Waals surface area contributed by atoms with Gasteiger partial charge in [-0.15, -0.1) is 11.3 Å². The van der Waals surface area contributed by atoms with Gasteiger partial charge in [0.25, 0.3) is 5.91 Å². The number of amides is 1. The van der Waals surface area contributed by atoms with Crippen LogP contribution in [0.15, 0.2) is 41.3 Å². The fourth-order valence-electron chi connectivity index (χ4n) is 4.00. The molecule has 3 rings (SSSR count). The monoisotopic (exact) mass is 590 g/mol. The minimum absolute atomic E-state index is 0.0686. The highest BCUT2D eigenvalue weighted by molar-refractivity contribution is 7.14. The molecule has 0 unspecified atom stereocenters. The first-order valence-corrected chi connectivity index (χ1v) is 14.3. The van der Waals surface area contributed by atoms with Gasteiger partial charge in [-0.05, 0) is 44.0 Å². The number of aromatic nitrogens is 1. The number of carbonyl (C=O) groups is 2. The number of methoxy groups -OCH3 is 1. The van der Waals surface area contributed by atoms with Crippen molar-refractivity contribution in [1.29, 1.82) is 0 Å². The van der Waals surface area contributed by atoms with Crippen LogP contribution in [0.2, 0.25) is 10.0 Å². The molecule has 208 valence electrons. The van der Waals surface area contributed by atoms with Gasteiger partial charge in [-0.2, -0.15) is 0 Å². The van der Waals surface area contributed by atoms with Gasteiger partial charge >= 0.3 is 5.97 Å². The largest absolute Gasteiger partial charge is 0.496 e. The summed E-state index contributed by atoms with van der Waals surface area (Å²) in [4.78, 5) is 28.7. The quantitative estimate of drug-likeness (QED) is 0.153. The van der Waals surface area contributed by atoms with E-state index in [-0.39, 0.29) is 27.3 Å². The predicted molar refractivity (Wildman–Crippen MR) is 158 cm³/mol. The van der Waals surface area contributed by atoms with Crippen LogP contribution >= 0.6 is 34.5 Å². The molecule has 0 saturated carbocycles. The fraction of sp³-hybridized carbons (Fsp3) is 0.345. The Labute approximate surface area is 242 Å². The Hall–Kier alpha value is -2.91. The summed E-state index contributed by atoms with van der Waals surface area (Å²) in [6.45, 7) is 6.37. The zero-order valence-electron chi connectivity index (χ0n) is 22.3. The number of aliphatic carboxylic acids is 1. The number of benzene rings is 2. The molecule has 0 radical (unpaired) electrons. The molecule has 0 aliphatic rings. The van der Waals surface area contributed by atoms with Crippen molar-refractivity contribution in [1.82, 2.24) is 4.98 Å². The van der Waals surface area contributed by atoms with Crippen LogP contribution in [-0.4, -0.2) is 35.7 Å². The lowest BCUT2D eigenvalue weighted by atomic mass is 10.0. The number of thiazole rings is 1. The second-order valence-electron chi connectivity index (χ2n) is 8.88. The number of halogens is 2. The number of nitrogens with one attached hydrogen (secondary N) is 1. The summed E-state index contributed by atoms with van der Waals surface area (Å²) < 4.78 is 12.0. The van der Waals surface area contributed by atoms with Gasteiger partial charge in [-0.1, -0.05) is 62.0 Å². The van der Waals surface area contributed by atoms with Gasteiger partial charge in [0.15, 0.2) is 5.13 Å². The summed E-state index contributed by atoms with van der Waals surface area (Å²) in [7, 11) is 1.63. The number of para-hydroxylation sites is 1. The third-order valence-corrected chi connectivity index (χ3v) is 7.46. The van der Waals surface area contributed by atoms with Crippen LogP contribution < -0.4 is 10.1 Å². The van der Waals surface area contributed by atoms with Gasteiger partial charge in [0.2, 0.25) is 0 Å². The lowest BCUT2D eigenvalue weighted by molar-refractivity contribution is -0.132. The van der Waals surface area contributed by atoms with Gasteiger partial charge in [-0.3, -0.25) is 10.1 Å². The van der Waals surface area contributed by atoms with Crippen LogP contribution in [0, 0.1) is 0 Å². The van der Waals surface area contributed by atoms with Crippen LogP contribution in [0.3, 0.4) is 0 Å². The Kier molecular flexibility index (Phi) is 11.4. The van der Waals surface area contributed by atoms with Gasteiger partial charge in [0, 0.05) is 39.8 Å². The maximum absolute atomic E-state index is 12.9. The van der Waals surface area contributed by atoms with Gasteiger partial charge in [0.05, 0.1) is 29.0 Å². The molecule has 0 aliphatic carbocycles. The van der Waals surface area contributed by atoms with Crippen molar-refractivity contribution in [2.75, 3.05) is 19.0 Å². The van der Waals surface area contributed by atoms with E-state index in [0.717, 1.165) is 36.8 Å². The zero-order valence-corrected chi connectivity index (χ0v) is 24.7. The zero-order chi connectivity index (χ0) is 28.5. The van der Waals surface area contributed by atoms with E-state index in [1.807, 2.05) is 23.6 Å². The molecule has 2 aromatic carbocycles. The van der Waals surface area contributed by atoms with E-state index in [9.17, 15) is 9.59 Å². The van der Waals surface area contributed by atoms with Crippen LogP contribution in [-0.2, 0) is 9.53 Å². The molecule has 0 spiro atoms. The summed E-state index contributed by atoms with van der Waals surface area (Å²) in [5.41, 5.74) is 3.05. The number of ether oxygens (including phenoxy) is 2. The molecule has 0 fully saturated rings. The Bertz CT molecular complexity index is 1330. The molecule has 0 bridgehead atoms. The minimum atomic E-state index is -1.09. The molecular formula is C29H32Cl2N2O5S. The van der Waals surface area contributed by atoms with Crippen LogP contribution in [0.25, 0.3) is 17.3 Å². The lowest BCUT2D eigenvalue weighted by Gasteiger charge is -2.21. The van der Waals surface area contributed by atoms with Crippen molar-refractivity contribution in [3.63, 3.8) is 0 Å². The molecule has 0 aliphatic heterocycles. The summed E-state index contributed by atoms with van der Waals surface area (Å²) >= 11 is 13.9. The second kappa shape index (κ2) is 14.5. The predicted octanol–water partition coefficient (Wildman–Crippen LogP) is 8.52. The Morgan fingerprint density at radius 3 is 2.51 bits per heavy atom. The van der Waals surface area contributed by atoms with E-state index in [2.05, 4.69) is 24.1 Å². The Morgan fingerprint density at radius 2 is 1.90 bits per heavy atom. The number of rotatable bonds is 13. The van der Waals surface area contributed by atoms with Crippen molar-refractivity contribution >= 4 is 57.6 Å². The van der Waals surface area contributed by atoms with Crippen molar-refractivity contribution in [2.45, 2.75) is 52.6 Å². The molecule has 2 N–H and O–H groups in total. The van der Waals surface area contributed by atoms with Gasteiger partial charge < -0.3 is 14.6 Å². The molecule has 1 aromatic heterocycles. The number of carboxylic acids is 1. The van der Waals surface area contributed by atoms with E-state index in [4.69, 9.17) is 37.8 Å². The number of carboxylic acid groups (broad SMARTS) is 1. The third-order valence-electron chi connectivity index (χ3n) is 6.07. The number of nitrogens with zero attached hydrogens (tertiary/aromatic N) is 1. The summed E-state index contributed by atoms with van der Waals surface area (Å²) in [5, 5.41) is 14.5. The second-order valence-corrected chi connectivity index (χ2v) is 10.6. The molecule has 39 heavy (non-hydrogen) atoms. The van der Waals surface area contributed by atoms with Crippen molar-refractivity contribution in [3.05, 3.63) is 68.0 Å². The number of carbonyl (C=O) groups excluding carboxylic acids is 1. The highest BCUT2D eigenvalue weighted by Crippen LogP contribution is 2.39. The number of hydrogen-bond donors (Lipinski definition) is 2. The first-order valence-electron chi connectivity index (χ1n) is 12.7. The number of anilines is 1. The first-order chi connectivity index (χ1) is 18.7. The minimum Gasteiger partial charge on any atom is -0.496 e. The van der Waals surface area contributed by atoms with Crippen LogP contribution in [0.5, 0.6) is 5.75 Å². The number of hydrogen-bond acceptors (Lipinski definition) is 6. The average molecular weight is 592 g/mol. The van der Waals surface area contributed by atoms with E-state index in [1.54, 1.807) is 7.11 Å². The maximum Gasteiger partial charge on any atom is 0.331 e. The molecule has 1 heterocycles. The van der Waals surface area contributed by atoms with Crippen LogP contribution in [0.4, 0.5) is 5.13 Å². The standard InChI is InChI=1S/C29H32Cl2N2O5S/c1-5-7-8-12-38-25(6-2)20-11-9-10-19(26(20)37-4)24-16-39-29(32-24)33-27(34)18-14-22(30)21(23(31)15-18)13-17(3)28(35)36/h9-11,13-16,25H,5-8,12H2,1-4H3,(H,35,36)(H,32,33,34)/t25-/m1/s1. The molecule has 10 heteroatoms. The SMILES string of the molecule is CCCCCO[C@H](CC)c1cccc(-c2csc(NC(=O)c3cc(Cl)c(C=C(C)C(=O)O)c(Cl)c3)n2)c1OC. The van der Waals surface area contributed by atoms with E-state index < -0.39 is 11.9 Å². The molecule has 7 nitrogen and oxygen atoms in total. The Morgan fingerprint density at radius 1 is 1.18 bits per heavy atom. The summed E-state index contributed by atoms with van der Waals surface area (Å²) in [6.07, 6.45) is 5.35. The molecule has 0 saturated heterocycles. The van der Waals surface area contributed by atoms with Gasteiger partial charge in [0.1, 0.15) is 5.75 Å². The van der Waals surface area contributed by atoms with Crippen molar-refractivity contribution < 1.29 is 24.2 Å². The van der Waals surface area contributed by atoms with E-state index in [1.165, 1.54) is 36.5 Å². The average Bonchev–Trinajstić information content (AvgIpc) is 3.38. The van der Waals surface area contributed by atoms with Crippen molar-refractivity contribution in [2.24, 2.45) is 0 Å². The topological polar surface area (TPSA) is 97.8 Å². The number of unbranched alkanes of at least 4 members (excludes halogenated alkanes) is 2. The summed E-state index contributed by atoms with van der Waals surface area (Å²) in [5.74, 6) is -0.838. The molecular weight excluding hydrogens is 559 g/mol. The maximum atomic E-state index is 12.9. The van der Waals surface area contributed by atoms with E-state index in [0.29, 0.717) is 28.7 Å². The third kappa shape index (κ3) is 7.82. The first kappa shape index (κ1) is 30.6. The lowest BCUT2D eigenvalue weighted by Crippen LogP contribution is -2.12. The molecule has 1 amide bonds. The van der Waals surface area contributed by atoms with Crippen molar-refractivity contribution in [3.8, 4) is 17.0 Å². The van der Waals surface area contributed by atoms with Crippen LogP contribution in [0.1, 0.15) is 74.0 Å². The smallest absolute Gasteiger partial charge is 0.331 e. The Balaban J connectivity index is 1.82. The fourth-order valence-corrected chi connectivity index (χ4v) is 5.30. The normalized spacial score (nSPS) is 12.3. The van der Waals surface area contributed by atoms with E-state index >= 15 is 0 Å².